The Morgan fingerprint density at radius 3 is 2.87 bits per heavy atom. The van der Waals surface area contributed by atoms with Gasteiger partial charge in [-0.3, -0.25) is 0 Å². The van der Waals surface area contributed by atoms with E-state index < -0.39 is 5.60 Å². The summed E-state index contributed by atoms with van der Waals surface area (Å²) in [6, 6.07) is 3.94. The number of nitrogens with one attached hydrogen (secondary N) is 1. The van der Waals surface area contributed by atoms with Gasteiger partial charge in [-0.2, -0.15) is 4.98 Å². The summed E-state index contributed by atoms with van der Waals surface area (Å²) in [6.45, 7) is 6.16. The normalized spacial score (nSPS) is 11.4. The molecule has 7 heteroatoms. The van der Waals surface area contributed by atoms with Gasteiger partial charge in [0, 0.05) is 13.0 Å². The largest absolute Gasteiger partial charge is 0.444 e. The molecule has 0 unspecified atom stereocenters. The Bertz CT molecular complexity index is 602. The molecule has 0 atom stereocenters. The number of unbranched alkanes of at least 4 members (excludes halogenated alkanes) is 2. The average molecular weight is 337 g/mol. The molecule has 0 aromatic carbocycles. The van der Waals surface area contributed by atoms with E-state index in [1.807, 2.05) is 38.3 Å². The fourth-order valence-corrected chi connectivity index (χ4v) is 2.59. The minimum Gasteiger partial charge on any atom is -0.444 e. The number of alkyl carbamates (subject to hydrolysis) is 1. The van der Waals surface area contributed by atoms with E-state index in [9.17, 15) is 4.79 Å². The molecule has 1 amide bonds. The van der Waals surface area contributed by atoms with Gasteiger partial charge in [0.15, 0.2) is 0 Å². The van der Waals surface area contributed by atoms with Crippen LogP contribution in [0.5, 0.6) is 0 Å². The Balaban J connectivity index is 1.58. The first kappa shape index (κ1) is 17.5. The molecule has 0 aliphatic carbocycles. The van der Waals surface area contributed by atoms with Crippen LogP contribution >= 0.6 is 11.3 Å². The number of rotatable bonds is 7. The van der Waals surface area contributed by atoms with Crippen molar-refractivity contribution in [2.45, 2.75) is 52.1 Å². The zero-order valence-electron chi connectivity index (χ0n) is 13.8. The maximum Gasteiger partial charge on any atom is 0.407 e. The van der Waals surface area contributed by atoms with Gasteiger partial charge in [0.2, 0.25) is 11.7 Å². The standard InChI is InChI=1S/C16H23N3O3S/c1-16(2,3)21-15(20)17-10-6-4-5-9-13-18-14(19-22-13)12-8-7-11-23-12/h7-8,11H,4-6,9-10H2,1-3H3,(H,17,20). The van der Waals surface area contributed by atoms with Crippen LogP contribution in [-0.2, 0) is 11.2 Å². The molecule has 0 fully saturated rings. The third-order valence-corrected chi connectivity index (χ3v) is 3.81. The summed E-state index contributed by atoms with van der Waals surface area (Å²) in [6.07, 6.45) is 3.21. The van der Waals surface area contributed by atoms with Gasteiger partial charge in [0.25, 0.3) is 0 Å². The van der Waals surface area contributed by atoms with Crippen molar-refractivity contribution in [2.75, 3.05) is 6.54 Å². The zero-order valence-corrected chi connectivity index (χ0v) is 14.6. The van der Waals surface area contributed by atoms with Gasteiger partial charge in [-0.05, 0) is 45.1 Å². The van der Waals surface area contributed by atoms with Crippen LogP contribution in [0.2, 0.25) is 0 Å². The molecule has 6 nitrogen and oxygen atoms in total. The second kappa shape index (κ2) is 8.10. The van der Waals surface area contributed by atoms with E-state index in [2.05, 4.69) is 15.5 Å². The lowest BCUT2D eigenvalue weighted by Gasteiger charge is -2.19. The van der Waals surface area contributed by atoms with Crippen LogP contribution in [-0.4, -0.2) is 28.4 Å². The maximum absolute atomic E-state index is 11.5. The van der Waals surface area contributed by atoms with Gasteiger partial charge >= 0.3 is 6.09 Å². The number of hydrogen-bond acceptors (Lipinski definition) is 6. The van der Waals surface area contributed by atoms with Crippen molar-refractivity contribution < 1.29 is 14.1 Å². The fourth-order valence-electron chi connectivity index (χ4n) is 1.94. The van der Waals surface area contributed by atoms with Crippen LogP contribution in [0, 0.1) is 0 Å². The van der Waals surface area contributed by atoms with Gasteiger partial charge in [0.1, 0.15) is 5.60 Å². The molecule has 0 bridgehead atoms. The number of hydrogen-bond donors (Lipinski definition) is 1. The molecule has 1 N–H and O–H groups in total. The van der Waals surface area contributed by atoms with E-state index in [-0.39, 0.29) is 6.09 Å². The van der Waals surface area contributed by atoms with E-state index >= 15 is 0 Å². The quantitative estimate of drug-likeness (QED) is 0.772. The number of carbonyl (C=O) groups excluding carboxylic acids is 1. The molecule has 2 aromatic heterocycles. The first-order valence-corrected chi connectivity index (χ1v) is 8.65. The molecule has 0 saturated carbocycles. The van der Waals surface area contributed by atoms with Gasteiger partial charge in [-0.25, -0.2) is 4.79 Å². The van der Waals surface area contributed by atoms with E-state index in [1.54, 1.807) is 11.3 Å². The Labute approximate surface area is 140 Å². The second-order valence-electron chi connectivity index (χ2n) is 6.23. The molecule has 0 aliphatic rings. The molecule has 0 aliphatic heterocycles. The SMILES string of the molecule is CC(C)(C)OC(=O)NCCCCCc1nc(-c2cccs2)no1. The molecule has 2 rings (SSSR count). The predicted molar refractivity (Wildman–Crippen MR) is 89.4 cm³/mol. The first-order chi connectivity index (χ1) is 10.9. The summed E-state index contributed by atoms with van der Waals surface area (Å²) in [5.41, 5.74) is -0.456. The van der Waals surface area contributed by atoms with Crippen molar-refractivity contribution in [1.29, 1.82) is 0 Å². The van der Waals surface area contributed by atoms with Crippen LogP contribution in [0.3, 0.4) is 0 Å². The van der Waals surface area contributed by atoms with Crippen molar-refractivity contribution >= 4 is 17.4 Å². The molecular weight excluding hydrogens is 314 g/mol. The average Bonchev–Trinajstić information content (AvgIpc) is 3.11. The Hall–Kier alpha value is -1.89. The molecule has 126 valence electrons. The van der Waals surface area contributed by atoms with Crippen molar-refractivity contribution in [3.8, 4) is 10.7 Å². The van der Waals surface area contributed by atoms with Gasteiger partial charge in [0.05, 0.1) is 4.88 Å². The van der Waals surface area contributed by atoms with Gasteiger partial charge in [-0.15, -0.1) is 11.3 Å². The predicted octanol–water partition coefficient (Wildman–Crippen LogP) is 4.04. The molecule has 23 heavy (non-hydrogen) atoms. The van der Waals surface area contributed by atoms with E-state index in [1.165, 1.54) is 0 Å². The lowest BCUT2D eigenvalue weighted by atomic mass is 10.2. The summed E-state index contributed by atoms with van der Waals surface area (Å²) in [5.74, 6) is 1.31. The molecule has 2 aromatic rings. The molecular formula is C16H23N3O3S. The van der Waals surface area contributed by atoms with Gasteiger partial charge in [-0.1, -0.05) is 17.6 Å². The van der Waals surface area contributed by atoms with Crippen LogP contribution in [0.4, 0.5) is 4.79 Å². The van der Waals surface area contributed by atoms with Crippen molar-refractivity contribution in [1.82, 2.24) is 15.5 Å². The number of carbonyl (C=O) groups is 1. The Morgan fingerprint density at radius 2 is 2.17 bits per heavy atom. The number of nitrogens with zero attached hydrogens (tertiary/aromatic N) is 2. The van der Waals surface area contributed by atoms with E-state index in [0.717, 1.165) is 30.6 Å². The third-order valence-electron chi connectivity index (χ3n) is 2.95. The summed E-state index contributed by atoms with van der Waals surface area (Å²) in [4.78, 5) is 16.9. The minimum atomic E-state index is -0.456. The molecule has 0 spiro atoms. The molecule has 0 saturated heterocycles. The zero-order chi connectivity index (χ0) is 16.7. The Kier molecular flexibility index (Phi) is 6.15. The van der Waals surface area contributed by atoms with Gasteiger partial charge < -0.3 is 14.6 Å². The number of aromatic nitrogens is 2. The summed E-state index contributed by atoms with van der Waals surface area (Å²) < 4.78 is 10.4. The second-order valence-corrected chi connectivity index (χ2v) is 7.18. The number of amides is 1. The lowest BCUT2D eigenvalue weighted by Crippen LogP contribution is -2.32. The topological polar surface area (TPSA) is 77.2 Å². The van der Waals surface area contributed by atoms with Crippen molar-refractivity contribution in [2.24, 2.45) is 0 Å². The highest BCUT2D eigenvalue weighted by molar-refractivity contribution is 7.13. The number of ether oxygens (including phenoxy) is 1. The number of aryl methyl sites for hydroxylation is 1. The van der Waals surface area contributed by atoms with E-state index in [4.69, 9.17) is 9.26 Å². The van der Waals surface area contributed by atoms with Crippen molar-refractivity contribution in [3.05, 3.63) is 23.4 Å². The van der Waals surface area contributed by atoms with Crippen LogP contribution in [0.1, 0.15) is 45.9 Å². The fraction of sp³-hybridized carbons (Fsp3) is 0.562. The minimum absolute atomic E-state index is 0.366. The first-order valence-electron chi connectivity index (χ1n) is 7.77. The smallest absolute Gasteiger partial charge is 0.407 e. The third kappa shape index (κ3) is 6.40. The Morgan fingerprint density at radius 1 is 1.35 bits per heavy atom. The highest BCUT2D eigenvalue weighted by Gasteiger charge is 2.15. The summed E-state index contributed by atoms with van der Waals surface area (Å²) in [7, 11) is 0. The number of thiophene rings is 1. The molecule has 0 radical (unpaired) electrons. The highest BCUT2D eigenvalue weighted by atomic mass is 32.1. The highest BCUT2D eigenvalue weighted by Crippen LogP contribution is 2.21. The van der Waals surface area contributed by atoms with E-state index in [0.29, 0.717) is 18.3 Å². The summed E-state index contributed by atoms with van der Waals surface area (Å²) >= 11 is 1.59. The maximum atomic E-state index is 11.5. The van der Waals surface area contributed by atoms with Crippen molar-refractivity contribution in [3.63, 3.8) is 0 Å². The summed E-state index contributed by atoms with van der Waals surface area (Å²) in [5, 5.41) is 8.72. The van der Waals surface area contributed by atoms with Crippen LogP contribution in [0.15, 0.2) is 22.0 Å². The lowest BCUT2D eigenvalue weighted by molar-refractivity contribution is 0.0527. The van der Waals surface area contributed by atoms with Crippen LogP contribution < -0.4 is 5.32 Å². The monoisotopic (exact) mass is 337 g/mol. The van der Waals surface area contributed by atoms with Crippen LogP contribution in [0.25, 0.3) is 10.7 Å². The molecule has 2 heterocycles.